The van der Waals surface area contributed by atoms with Crippen molar-refractivity contribution in [2.75, 3.05) is 31.6 Å². The molecule has 3 rings (SSSR count). The van der Waals surface area contributed by atoms with Gasteiger partial charge >= 0.3 is 0 Å². The molecule has 1 N–H and O–H groups in total. The van der Waals surface area contributed by atoms with Crippen LogP contribution >= 0.6 is 15.9 Å². The number of nitrogens with one attached hydrogen (secondary N) is 1. The number of hydrogen-bond donors (Lipinski definition) is 1. The number of methoxy groups -OCH3 is 2. The van der Waals surface area contributed by atoms with Crippen LogP contribution in [0.5, 0.6) is 11.5 Å². The van der Waals surface area contributed by atoms with Crippen molar-refractivity contribution in [1.82, 2.24) is 10.2 Å². The normalized spacial score (nSPS) is 11.8. The summed E-state index contributed by atoms with van der Waals surface area (Å²) >= 11 is 3.35. The third-order valence-electron chi connectivity index (χ3n) is 6.34. The summed E-state index contributed by atoms with van der Waals surface area (Å²) in [6, 6.07) is 17.5. The van der Waals surface area contributed by atoms with Crippen molar-refractivity contribution in [2.24, 2.45) is 0 Å². The van der Waals surface area contributed by atoms with Crippen molar-refractivity contribution in [1.29, 1.82) is 0 Å². The van der Waals surface area contributed by atoms with Crippen LogP contribution in [0.4, 0.5) is 5.69 Å². The lowest BCUT2D eigenvalue weighted by molar-refractivity contribution is -0.139. The molecule has 9 nitrogen and oxygen atoms in total. The van der Waals surface area contributed by atoms with Crippen LogP contribution in [0.2, 0.25) is 0 Å². The van der Waals surface area contributed by atoms with E-state index in [1.54, 1.807) is 75.6 Å². The maximum atomic E-state index is 14.0. The second-order valence-electron chi connectivity index (χ2n) is 9.08. The molecule has 0 aliphatic rings. The fraction of sp³-hybridized carbons (Fsp3) is 0.310. The van der Waals surface area contributed by atoms with Crippen LogP contribution in [-0.4, -0.2) is 58.5 Å². The molecule has 0 aromatic heterocycles. The molecule has 0 radical (unpaired) electrons. The van der Waals surface area contributed by atoms with Crippen molar-refractivity contribution < 1.29 is 27.5 Å². The van der Waals surface area contributed by atoms with Gasteiger partial charge in [0, 0.05) is 13.1 Å². The van der Waals surface area contributed by atoms with Gasteiger partial charge < -0.3 is 19.7 Å². The highest BCUT2D eigenvalue weighted by Crippen LogP contribution is 2.31. The average Bonchev–Trinajstić information content (AvgIpc) is 2.95. The van der Waals surface area contributed by atoms with Crippen molar-refractivity contribution in [3.8, 4) is 11.5 Å². The van der Waals surface area contributed by atoms with E-state index < -0.39 is 28.5 Å². The van der Waals surface area contributed by atoms with Crippen LogP contribution in [0.25, 0.3) is 0 Å². The molecule has 0 bridgehead atoms. The number of likely N-dealkylation sites (N-methyl/N-ethyl adjacent to an activating group) is 1. The monoisotopic (exact) mass is 631 g/mol. The van der Waals surface area contributed by atoms with Gasteiger partial charge in [-0.25, -0.2) is 8.42 Å². The Morgan fingerprint density at radius 2 is 1.62 bits per heavy atom. The number of rotatable bonds is 12. The number of aryl methyl sites for hydroxylation is 1. The quantitative estimate of drug-likeness (QED) is 0.315. The van der Waals surface area contributed by atoms with Gasteiger partial charge in [0.1, 0.15) is 24.1 Å². The first kappa shape index (κ1) is 31.0. The molecule has 0 fully saturated rings. The fourth-order valence-corrected chi connectivity index (χ4v) is 6.14. The van der Waals surface area contributed by atoms with E-state index in [0.29, 0.717) is 28.2 Å². The topological polar surface area (TPSA) is 105 Å². The Hall–Kier alpha value is -3.57. The van der Waals surface area contributed by atoms with Crippen molar-refractivity contribution in [3.05, 3.63) is 82.3 Å². The lowest BCUT2D eigenvalue weighted by Crippen LogP contribution is -2.51. The smallest absolute Gasteiger partial charge is 0.264 e. The molecule has 3 aromatic rings. The highest BCUT2D eigenvalue weighted by Gasteiger charge is 2.32. The first-order chi connectivity index (χ1) is 19.0. The SMILES string of the molecule is CCNC(=O)[C@H](C)N(Cc1ccc(OC)cc1)C(=O)CN(c1ccc(C)cc1)S(=O)(=O)c1ccc(OC)c(Br)c1. The number of benzene rings is 3. The molecular weight excluding hydrogens is 598 g/mol. The van der Waals surface area contributed by atoms with Crippen LogP contribution < -0.4 is 19.1 Å². The molecule has 0 saturated carbocycles. The molecule has 0 unspecified atom stereocenters. The van der Waals surface area contributed by atoms with Crippen LogP contribution in [0.15, 0.2) is 76.1 Å². The number of nitrogens with zero attached hydrogens (tertiary/aromatic N) is 2. The fourth-order valence-electron chi connectivity index (χ4n) is 4.01. The molecular formula is C29H34BrN3O6S. The Labute approximate surface area is 244 Å². The van der Waals surface area contributed by atoms with E-state index in [9.17, 15) is 18.0 Å². The number of carbonyl (C=O) groups excluding carboxylic acids is 2. The molecule has 11 heteroatoms. The Morgan fingerprint density at radius 3 is 2.17 bits per heavy atom. The Morgan fingerprint density at radius 1 is 0.975 bits per heavy atom. The zero-order valence-corrected chi connectivity index (χ0v) is 25.6. The average molecular weight is 633 g/mol. The molecule has 2 amide bonds. The van der Waals surface area contributed by atoms with Crippen LogP contribution in [0, 0.1) is 6.92 Å². The first-order valence-corrected chi connectivity index (χ1v) is 14.9. The van der Waals surface area contributed by atoms with Crippen LogP contribution in [0.3, 0.4) is 0 Å². The third kappa shape index (κ3) is 7.33. The molecule has 3 aromatic carbocycles. The maximum absolute atomic E-state index is 14.0. The molecule has 0 aliphatic carbocycles. The molecule has 0 aliphatic heterocycles. The zero-order valence-electron chi connectivity index (χ0n) is 23.2. The molecule has 0 heterocycles. The number of ether oxygens (including phenoxy) is 2. The van der Waals surface area contributed by atoms with Crippen LogP contribution in [0.1, 0.15) is 25.0 Å². The number of hydrogen-bond acceptors (Lipinski definition) is 6. The van der Waals surface area contributed by atoms with E-state index in [1.165, 1.54) is 24.1 Å². The van der Waals surface area contributed by atoms with Gasteiger partial charge in [0.25, 0.3) is 10.0 Å². The lowest BCUT2D eigenvalue weighted by atomic mass is 10.1. The van der Waals surface area contributed by atoms with E-state index in [4.69, 9.17) is 9.47 Å². The molecule has 1 atom stereocenters. The predicted molar refractivity (Wildman–Crippen MR) is 158 cm³/mol. The Kier molecular flexibility index (Phi) is 10.6. The Bertz CT molecular complexity index is 1430. The summed E-state index contributed by atoms with van der Waals surface area (Å²) in [5, 5.41) is 2.75. The van der Waals surface area contributed by atoms with Crippen molar-refractivity contribution in [3.63, 3.8) is 0 Å². The lowest BCUT2D eigenvalue weighted by Gasteiger charge is -2.32. The van der Waals surface area contributed by atoms with Gasteiger partial charge in [0.15, 0.2) is 0 Å². The molecule has 40 heavy (non-hydrogen) atoms. The van der Waals surface area contributed by atoms with Gasteiger partial charge in [-0.05, 0) is 84.7 Å². The summed E-state index contributed by atoms with van der Waals surface area (Å²) in [6.45, 7) is 5.27. The number of sulfonamides is 1. The van der Waals surface area contributed by atoms with Gasteiger partial charge in [-0.15, -0.1) is 0 Å². The highest BCUT2D eigenvalue weighted by atomic mass is 79.9. The minimum atomic E-state index is -4.20. The van der Waals surface area contributed by atoms with E-state index in [1.807, 2.05) is 6.92 Å². The summed E-state index contributed by atoms with van der Waals surface area (Å²) in [4.78, 5) is 28.1. The minimum absolute atomic E-state index is 0.0213. The zero-order chi connectivity index (χ0) is 29.4. The van der Waals surface area contributed by atoms with Gasteiger partial charge in [0.2, 0.25) is 11.8 Å². The highest BCUT2D eigenvalue weighted by molar-refractivity contribution is 9.10. The van der Waals surface area contributed by atoms with Gasteiger partial charge in [0.05, 0.1) is 29.3 Å². The standard InChI is InChI=1S/C29H34BrN3O6S/c1-6-31-29(35)21(3)32(18-22-9-13-24(38-4)14-10-22)28(34)19-33(23-11-7-20(2)8-12-23)40(36,37)25-15-16-27(39-5)26(30)17-25/h7-17,21H,6,18-19H2,1-5H3,(H,31,35)/t21-/m0/s1. The number of amides is 2. The van der Waals surface area contributed by atoms with Crippen molar-refractivity contribution >= 4 is 43.5 Å². The molecule has 214 valence electrons. The molecule has 0 spiro atoms. The first-order valence-electron chi connectivity index (χ1n) is 12.6. The summed E-state index contributed by atoms with van der Waals surface area (Å²) in [6.07, 6.45) is 0. The summed E-state index contributed by atoms with van der Waals surface area (Å²) in [7, 11) is -1.15. The van der Waals surface area contributed by atoms with Gasteiger partial charge in [-0.2, -0.15) is 0 Å². The van der Waals surface area contributed by atoms with E-state index in [-0.39, 0.29) is 17.3 Å². The summed E-state index contributed by atoms with van der Waals surface area (Å²) in [5.41, 5.74) is 2.01. The number of anilines is 1. The second kappa shape index (κ2) is 13.7. The molecule has 0 saturated heterocycles. The second-order valence-corrected chi connectivity index (χ2v) is 11.8. The van der Waals surface area contributed by atoms with E-state index in [2.05, 4.69) is 21.2 Å². The minimum Gasteiger partial charge on any atom is -0.497 e. The van der Waals surface area contributed by atoms with Gasteiger partial charge in [-0.3, -0.25) is 13.9 Å². The maximum Gasteiger partial charge on any atom is 0.264 e. The van der Waals surface area contributed by atoms with Gasteiger partial charge in [-0.1, -0.05) is 29.8 Å². The third-order valence-corrected chi connectivity index (χ3v) is 8.73. The predicted octanol–water partition coefficient (Wildman–Crippen LogP) is 4.52. The van der Waals surface area contributed by atoms with Crippen molar-refractivity contribution in [2.45, 2.75) is 38.3 Å². The summed E-state index contributed by atoms with van der Waals surface area (Å²) in [5.74, 6) is 0.249. The van der Waals surface area contributed by atoms with Crippen LogP contribution in [-0.2, 0) is 26.2 Å². The largest absolute Gasteiger partial charge is 0.497 e. The van der Waals surface area contributed by atoms with E-state index in [0.717, 1.165) is 15.4 Å². The summed E-state index contributed by atoms with van der Waals surface area (Å²) < 4.78 is 39.9. The van der Waals surface area contributed by atoms with E-state index >= 15 is 0 Å². The number of halogens is 1. The number of carbonyl (C=O) groups is 2. The Balaban J connectivity index is 2.04.